The Bertz CT molecular complexity index is 242. The molecular formula is C11H22F3N3O. The Morgan fingerprint density at radius 3 is 2.28 bits per heavy atom. The summed E-state index contributed by atoms with van der Waals surface area (Å²) in [6, 6.07) is -0.622. The predicted octanol–water partition coefficient (Wildman–Crippen LogP) is 0.985. The fraction of sp³-hybridized carbons (Fsp3) is 0.909. The third-order valence-corrected chi connectivity index (χ3v) is 2.63. The molecule has 7 heteroatoms. The minimum Gasteiger partial charge on any atom is -0.346 e. The molecule has 1 amide bonds. The maximum atomic E-state index is 11.9. The molecule has 2 N–H and O–H groups in total. The van der Waals surface area contributed by atoms with Crippen molar-refractivity contribution in [3.63, 3.8) is 0 Å². The second-order valence-electron chi connectivity index (χ2n) is 4.04. The number of rotatable bonds is 8. The fourth-order valence-electron chi connectivity index (χ4n) is 1.41. The molecule has 0 fully saturated rings. The minimum absolute atomic E-state index is 0.572. The van der Waals surface area contributed by atoms with Crippen LogP contribution in [0.15, 0.2) is 0 Å². The molecule has 18 heavy (non-hydrogen) atoms. The van der Waals surface area contributed by atoms with Gasteiger partial charge in [0.25, 0.3) is 0 Å². The summed E-state index contributed by atoms with van der Waals surface area (Å²) in [6.07, 6.45) is -4.36. The summed E-state index contributed by atoms with van der Waals surface area (Å²) in [7, 11) is 0. The summed E-state index contributed by atoms with van der Waals surface area (Å²) in [5.74, 6) is -0.633. The van der Waals surface area contributed by atoms with Gasteiger partial charge in [-0.3, -0.25) is 4.79 Å². The van der Waals surface area contributed by atoms with Crippen LogP contribution in [0.25, 0.3) is 0 Å². The number of hydrogen-bond acceptors (Lipinski definition) is 3. The second kappa shape index (κ2) is 8.31. The normalized spacial score (nSPS) is 13.7. The van der Waals surface area contributed by atoms with Gasteiger partial charge in [0, 0.05) is 13.1 Å². The molecule has 0 spiro atoms. The van der Waals surface area contributed by atoms with Gasteiger partial charge in [-0.15, -0.1) is 0 Å². The number of carbonyl (C=O) groups is 1. The number of carbonyl (C=O) groups excluding carboxylic acids is 1. The van der Waals surface area contributed by atoms with Gasteiger partial charge in [0.1, 0.15) is 6.54 Å². The van der Waals surface area contributed by atoms with Gasteiger partial charge in [0.05, 0.1) is 6.04 Å². The van der Waals surface area contributed by atoms with E-state index in [9.17, 15) is 18.0 Å². The number of nitrogens with one attached hydrogen (secondary N) is 2. The molecule has 0 aromatic heterocycles. The SMILES string of the molecule is CCN(CC)CCNC(C)C(=O)NCC(F)(F)F. The quantitative estimate of drug-likeness (QED) is 0.690. The van der Waals surface area contributed by atoms with E-state index in [-0.39, 0.29) is 0 Å². The van der Waals surface area contributed by atoms with Gasteiger partial charge >= 0.3 is 6.18 Å². The lowest BCUT2D eigenvalue weighted by molar-refractivity contribution is -0.139. The van der Waals surface area contributed by atoms with Crippen molar-refractivity contribution in [2.45, 2.75) is 33.0 Å². The number of halogens is 3. The molecule has 0 radical (unpaired) electrons. The molecule has 108 valence electrons. The predicted molar refractivity (Wildman–Crippen MR) is 64.3 cm³/mol. The fourth-order valence-corrected chi connectivity index (χ4v) is 1.41. The Balaban J connectivity index is 3.81. The maximum Gasteiger partial charge on any atom is 0.405 e. The van der Waals surface area contributed by atoms with Crippen molar-refractivity contribution in [3.8, 4) is 0 Å². The Morgan fingerprint density at radius 1 is 1.28 bits per heavy atom. The Hall–Kier alpha value is -0.820. The van der Waals surface area contributed by atoms with E-state index in [2.05, 4.69) is 10.2 Å². The van der Waals surface area contributed by atoms with Crippen LogP contribution in [0.1, 0.15) is 20.8 Å². The molecule has 0 aliphatic carbocycles. The van der Waals surface area contributed by atoms with Crippen molar-refractivity contribution in [1.82, 2.24) is 15.5 Å². The van der Waals surface area contributed by atoms with Crippen LogP contribution < -0.4 is 10.6 Å². The zero-order chi connectivity index (χ0) is 14.2. The number of nitrogens with zero attached hydrogens (tertiary/aromatic N) is 1. The highest BCUT2D eigenvalue weighted by atomic mass is 19.4. The number of amides is 1. The monoisotopic (exact) mass is 269 g/mol. The van der Waals surface area contributed by atoms with Gasteiger partial charge in [0.15, 0.2) is 0 Å². The Morgan fingerprint density at radius 2 is 1.83 bits per heavy atom. The highest BCUT2D eigenvalue weighted by Crippen LogP contribution is 2.12. The van der Waals surface area contributed by atoms with Crippen LogP contribution in [0.3, 0.4) is 0 Å². The highest BCUT2D eigenvalue weighted by Gasteiger charge is 2.28. The molecule has 0 aromatic rings. The van der Waals surface area contributed by atoms with E-state index < -0.39 is 24.7 Å². The molecule has 0 rings (SSSR count). The van der Waals surface area contributed by atoms with Crippen LogP contribution in [0.4, 0.5) is 13.2 Å². The van der Waals surface area contributed by atoms with Crippen molar-refractivity contribution in [2.75, 3.05) is 32.7 Å². The van der Waals surface area contributed by atoms with E-state index in [0.717, 1.165) is 19.6 Å². The summed E-state index contributed by atoms with van der Waals surface area (Å²) < 4.78 is 35.7. The lowest BCUT2D eigenvalue weighted by atomic mass is 10.3. The molecule has 4 nitrogen and oxygen atoms in total. The minimum atomic E-state index is -4.36. The number of hydrogen-bond donors (Lipinski definition) is 2. The van der Waals surface area contributed by atoms with Crippen LogP contribution in [0.5, 0.6) is 0 Å². The molecule has 0 aliphatic rings. The maximum absolute atomic E-state index is 11.9. The summed E-state index contributed by atoms with van der Waals surface area (Å²) in [6.45, 7) is 7.49. The van der Waals surface area contributed by atoms with Crippen molar-refractivity contribution in [2.24, 2.45) is 0 Å². The third-order valence-electron chi connectivity index (χ3n) is 2.63. The van der Waals surface area contributed by atoms with Gasteiger partial charge < -0.3 is 15.5 Å². The van der Waals surface area contributed by atoms with Crippen LogP contribution in [-0.2, 0) is 4.79 Å². The number of likely N-dealkylation sites (N-methyl/N-ethyl adjacent to an activating group) is 1. The standard InChI is InChI=1S/C11H22F3N3O/c1-4-17(5-2)7-6-15-9(3)10(18)16-8-11(12,13)14/h9,15H,4-8H2,1-3H3,(H,16,18). The van der Waals surface area contributed by atoms with Crippen LogP contribution in [0.2, 0.25) is 0 Å². The van der Waals surface area contributed by atoms with Crippen LogP contribution >= 0.6 is 0 Å². The van der Waals surface area contributed by atoms with Crippen molar-refractivity contribution < 1.29 is 18.0 Å². The van der Waals surface area contributed by atoms with E-state index in [1.165, 1.54) is 0 Å². The van der Waals surface area contributed by atoms with Gasteiger partial charge in [-0.2, -0.15) is 13.2 Å². The van der Waals surface area contributed by atoms with Crippen molar-refractivity contribution in [3.05, 3.63) is 0 Å². The number of alkyl halides is 3. The first-order chi connectivity index (χ1) is 8.30. The molecule has 0 bridgehead atoms. The molecule has 0 heterocycles. The summed E-state index contributed by atoms with van der Waals surface area (Å²) in [5.41, 5.74) is 0. The van der Waals surface area contributed by atoms with Gasteiger partial charge in [0.2, 0.25) is 5.91 Å². The van der Waals surface area contributed by atoms with E-state index in [4.69, 9.17) is 0 Å². The summed E-state index contributed by atoms with van der Waals surface area (Å²) in [5, 5.41) is 4.75. The summed E-state index contributed by atoms with van der Waals surface area (Å²) in [4.78, 5) is 13.5. The topological polar surface area (TPSA) is 44.4 Å². The second-order valence-corrected chi connectivity index (χ2v) is 4.04. The average Bonchev–Trinajstić information content (AvgIpc) is 2.30. The zero-order valence-corrected chi connectivity index (χ0v) is 11.1. The smallest absolute Gasteiger partial charge is 0.346 e. The van der Waals surface area contributed by atoms with Gasteiger partial charge in [-0.1, -0.05) is 13.8 Å². The first-order valence-electron chi connectivity index (χ1n) is 6.10. The molecule has 0 saturated heterocycles. The molecule has 0 aliphatic heterocycles. The lowest BCUT2D eigenvalue weighted by Gasteiger charge is -2.20. The van der Waals surface area contributed by atoms with Crippen LogP contribution in [0, 0.1) is 0 Å². The third kappa shape index (κ3) is 8.30. The van der Waals surface area contributed by atoms with Gasteiger partial charge in [-0.05, 0) is 20.0 Å². The zero-order valence-electron chi connectivity index (χ0n) is 11.1. The first kappa shape index (κ1) is 17.2. The molecule has 1 atom stereocenters. The van der Waals surface area contributed by atoms with Crippen LogP contribution in [-0.4, -0.2) is 55.7 Å². The molecular weight excluding hydrogens is 247 g/mol. The van der Waals surface area contributed by atoms with E-state index in [1.807, 2.05) is 19.2 Å². The van der Waals surface area contributed by atoms with E-state index in [1.54, 1.807) is 6.92 Å². The first-order valence-corrected chi connectivity index (χ1v) is 6.10. The highest BCUT2D eigenvalue weighted by molar-refractivity contribution is 5.81. The van der Waals surface area contributed by atoms with Crippen molar-refractivity contribution >= 4 is 5.91 Å². The lowest BCUT2D eigenvalue weighted by Crippen LogP contribution is -2.47. The molecule has 0 aromatic carbocycles. The largest absolute Gasteiger partial charge is 0.405 e. The molecule has 1 unspecified atom stereocenters. The van der Waals surface area contributed by atoms with E-state index >= 15 is 0 Å². The average molecular weight is 269 g/mol. The summed E-state index contributed by atoms with van der Waals surface area (Å²) >= 11 is 0. The Kier molecular flexibility index (Phi) is 7.93. The Labute approximate surface area is 106 Å². The van der Waals surface area contributed by atoms with Gasteiger partial charge in [-0.25, -0.2) is 0 Å². The van der Waals surface area contributed by atoms with Crippen molar-refractivity contribution in [1.29, 1.82) is 0 Å². The van der Waals surface area contributed by atoms with E-state index in [0.29, 0.717) is 6.54 Å². The molecule has 0 saturated carbocycles.